The summed E-state index contributed by atoms with van der Waals surface area (Å²) in [5.41, 5.74) is 3.36. The van der Waals surface area contributed by atoms with Crippen LogP contribution < -0.4 is 21.3 Å². The third kappa shape index (κ3) is 6.89. The number of hydrogen-bond donors (Lipinski definition) is 4. The number of hydrogen-bond acceptors (Lipinski definition) is 5. The van der Waals surface area contributed by atoms with E-state index in [4.69, 9.17) is 16.6 Å². The molecule has 4 N–H and O–H groups in total. The second-order valence-electron chi connectivity index (χ2n) is 7.36. The summed E-state index contributed by atoms with van der Waals surface area (Å²) in [6, 6.07) is 27.6. The summed E-state index contributed by atoms with van der Waals surface area (Å²) in [5, 5.41) is 11.7. The molecule has 1 heterocycles. The third-order valence-electron chi connectivity index (χ3n) is 4.80. The maximum atomic E-state index is 12.9. The lowest BCUT2D eigenvalue weighted by Crippen LogP contribution is -2.33. The second-order valence-corrected chi connectivity index (χ2v) is 7.77. The van der Waals surface area contributed by atoms with Crippen LogP contribution in [0.25, 0.3) is 6.08 Å². The molecule has 0 radical (unpaired) electrons. The number of thiocarbonyl (C=S) groups is 1. The van der Waals surface area contributed by atoms with E-state index in [-0.39, 0.29) is 11.0 Å². The minimum absolute atomic E-state index is 0.0654. The van der Waals surface area contributed by atoms with Gasteiger partial charge in [-0.05, 0) is 79.0 Å². The highest BCUT2D eigenvalue weighted by molar-refractivity contribution is 7.80. The maximum Gasteiger partial charge on any atom is 0.257 e. The van der Waals surface area contributed by atoms with Crippen LogP contribution in [0.2, 0.25) is 0 Å². The molecule has 4 aromatic rings. The predicted octanol–water partition coefficient (Wildman–Crippen LogP) is 5.80. The zero-order chi connectivity index (χ0) is 24.5. The lowest BCUT2D eigenvalue weighted by Gasteiger charge is -2.13. The normalized spacial score (nSPS) is 10.5. The maximum absolute atomic E-state index is 12.9. The molecule has 0 aliphatic rings. The highest BCUT2D eigenvalue weighted by Gasteiger charge is 2.13. The van der Waals surface area contributed by atoms with Gasteiger partial charge in [0, 0.05) is 23.1 Å². The molecule has 7 nitrogen and oxygen atoms in total. The van der Waals surface area contributed by atoms with E-state index in [0.29, 0.717) is 22.7 Å². The highest BCUT2D eigenvalue weighted by Crippen LogP contribution is 2.21. The number of amides is 2. The fourth-order valence-corrected chi connectivity index (χ4v) is 3.38. The number of para-hydroxylation sites is 2. The number of rotatable bonds is 7. The molecule has 3 aromatic carbocycles. The van der Waals surface area contributed by atoms with Crippen molar-refractivity contribution in [1.29, 1.82) is 0 Å². The Bertz CT molecular complexity index is 1330. The van der Waals surface area contributed by atoms with E-state index in [2.05, 4.69) is 21.3 Å². The standard InChI is InChI=1S/C27H22N4O3S/c32-25(17-16-22-9-6-18-34-22)31-27(35)30-24-11-5-4-10-23(24)26(33)29-21-14-12-20(13-15-21)28-19-7-2-1-3-8-19/h1-18,28H,(H,29,33)(H2,30,31,32,35). The highest BCUT2D eigenvalue weighted by atomic mass is 32.1. The Morgan fingerprint density at radius 2 is 1.43 bits per heavy atom. The van der Waals surface area contributed by atoms with Crippen molar-refractivity contribution in [3.05, 3.63) is 115 Å². The summed E-state index contributed by atoms with van der Waals surface area (Å²) >= 11 is 5.23. The molecule has 0 saturated heterocycles. The van der Waals surface area contributed by atoms with Gasteiger partial charge >= 0.3 is 0 Å². The van der Waals surface area contributed by atoms with Gasteiger partial charge in [-0.1, -0.05) is 30.3 Å². The van der Waals surface area contributed by atoms with Crippen LogP contribution in [0.1, 0.15) is 16.1 Å². The first-order valence-corrected chi connectivity index (χ1v) is 11.1. The summed E-state index contributed by atoms with van der Waals surface area (Å²) in [6.07, 6.45) is 4.35. The van der Waals surface area contributed by atoms with E-state index in [1.807, 2.05) is 54.6 Å². The SMILES string of the molecule is O=C(C=Cc1ccco1)NC(=S)Nc1ccccc1C(=O)Nc1ccc(Nc2ccccc2)cc1. The molecule has 0 fully saturated rings. The first-order chi connectivity index (χ1) is 17.1. The number of furan rings is 1. The largest absolute Gasteiger partial charge is 0.465 e. The molecule has 0 atom stereocenters. The smallest absolute Gasteiger partial charge is 0.257 e. The van der Waals surface area contributed by atoms with Gasteiger partial charge in [0.05, 0.1) is 17.5 Å². The van der Waals surface area contributed by atoms with Crippen LogP contribution in [0.3, 0.4) is 0 Å². The number of carbonyl (C=O) groups is 2. The van der Waals surface area contributed by atoms with E-state index < -0.39 is 5.91 Å². The van der Waals surface area contributed by atoms with Gasteiger partial charge in [-0.25, -0.2) is 0 Å². The summed E-state index contributed by atoms with van der Waals surface area (Å²) in [7, 11) is 0. The quantitative estimate of drug-likeness (QED) is 0.196. The van der Waals surface area contributed by atoms with Crippen molar-refractivity contribution in [1.82, 2.24) is 5.32 Å². The number of benzene rings is 3. The van der Waals surface area contributed by atoms with Gasteiger partial charge in [0.15, 0.2) is 5.11 Å². The molecule has 174 valence electrons. The van der Waals surface area contributed by atoms with Crippen LogP contribution in [-0.4, -0.2) is 16.9 Å². The first kappa shape index (κ1) is 23.5. The molecule has 0 saturated carbocycles. The number of carbonyl (C=O) groups excluding carboxylic acids is 2. The van der Waals surface area contributed by atoms with E-state index in [1.54, 1.807) is 36.4 Å². The van der Waals surface area contributed by atoms with E-state index in [0.717, 1.165) is 11.4 Å². The van der Waals surface area contributed by atoms with Gasteiger partial charge in [0.25, 0.3) is 5.91 Å². The lowest BCUT2D eigenvalue weighted by molar-refractivity contribution is -0.115. The molecule has 0 spiro atoms. The molecule has 2 amide bonds. The van der Waals surface area contributed by atoms with Crippen molar-refractivity contribution < 1.29 is 14.0 Å². The fourth-order valence-electron chi connectivity index (χ4n) is 3.16. The topological polar surface area (TPSA) is 95.4 Å². The molecule has 8 heteroatoms. The van der Waals surface area contributed by atoms with Gasteiger partial charge < -0.3 is 20.4 Å². The first-order valence-electron chi connectivity index (χ1n) is 10.7. The Labute approximate surface area is 207 Å². The molecule has 0 unspecified atom stereocenters. The summed E-state index contributed by atoms with van der Waals surface area (Å²) < 4.78 is 5.15. The zero-order valence-electron chi connectivity index (χ0n) is 18.5. The molecular weight excluding hydrogens is 460 g/mol. The second kappa shape index (κ2) is 11.4. The van der Waals surface area contributed by atoms with E-state index >= 15 is 0 Å². The minimum atomic E-state index is -0.426. The predicted molar refractivity (Wildman–Crippen MR) is 143 cm³/mol. The van der Waals surface area contributed by atoms with Gasteiger partial charge in [-0.3, -0.25) is 14.9 Å². The van der Waals surface area contributed by atoms with Crippen molar-refractivity contribution in [3.8, 4) is 0 Å². The molecule has 0 bridgehead atoms. The summed E-state index contributed by atoms with van der Waals surface area (Å²) in [6.45, 7) is 0. The van der Waals surface area contributed by atoms with Crippen molar-refractivity contribution in [2.24, 2.45) is 0 Å². The van der Waals surface area contributed by atoms with Crippen LogP contribution in [-0.2, 0) is 4.79 Å². The van der Waals surface area contributed by atoms with Gasteiger partial charge in [-0.15, -0.1) is 0 Å². The number of anilines is 4. The van der Waals surface area contributed by atoms with Crippen LogP contribution >= 0.6 is 12.2 Å². The molecule has 0 aliphatic heterocycles. The van der Waals surface area contributed by atoms with Crippen LogP contribution in [0, 0.1) is 0 Å². The molecule has 35 heavy (non-hydrogen) atoms. The monoisotopic (exact) mass is 482 g/mol. The van der Waals surface area contributed by atoms with Crippen LogP contribution in [0.15, 0.2) is 108 Å². The summed E-state index contributed by atoms with van der Waals surface area (Å²) in [4.78, 5) is 25.0. The molecule has 0 aliphatic carbocycles. The Balaban J connectivity index is 1.36. The third-order valence-corrected chi connectivity index (χ3v) is 5.01. The van der Waals surface area contributed by atoms with Crippen molar-refractivity contribution in [3.63, 3.8) is 0 Å². The zero-order valence-corrected chi connectivity index (χ0v) is 19.3. The Kier molecular flexibility index (Phi) is 7.67. The van der Waals surface area contributed by atoms with E-state index in [9.17, 15) is 9.59 Å². The fraction of sp³-hybridized carbons (Fsp3) is 0. The number of nitrogens with one attached hydrogen (secondary N) is 4. The van der Waals surface area contributed by atoms with Crippen LogP contribution in [0.4, 0.5) is 22.7 Å². The Morgan fingerprint density at radius 1 is 0.743 bits per heavy atom. The molecule has 4 rings (SSSR count). The van der Waals surface area contributed by atoms with Crippen LogP contribution in [0.5, 0.6) is 0 Å². The van der Waals surface area contributed by atoms with Gasteiger partial charge in [0.2, 0.25) is 5.91 Å². The lowest BCUT2D eigenvalue weighted by atomic mass is 10.1. The Morgan fingerprint density at radius 3 is 2.17 bits per heavy atom. The van der Waals surface area contributed by atoms with Crippen molar-refractivity contribution in [2.45, 2.75) is 0 Å². The molecular formula is C27H22N4O3S. The molecule has 1 aromatic heterocycles. The van der Waals surface area contributed by atoms with E-state index in [1.165, 1.54) is 18.4 Å². The van der Waals surface area contributed by atoms with Gasteiger partial charge in [0.1, 0.15) is 5.76 Å². The average molecular weight is 483 g/mol. The minimum Gasteiger partial charge on any atom is -0.465 e. The summed E-state index contributed by atoms with van der Waals surface area (Å²) in [5.74, 6) is -0.196. The van der Waals surface area contributed by atoms with Crippen molar-refractivity contribution >= 4 is 58.0 Å². The average Bonchev–Trinajstić information content (AvgIpc) is 3.39. The van der Waals surface area contributed by atoms with Crippen molar-refractivity contribution in [2.75, 3.05) is 16.0 Å². The Hall–Kier alpha value is -4.69. The van der Waals surface area contributed by atoms with Gasteiger partial charge in [-0.2, -0.15) is 0 Å².